The molecular formula is C15H15FN2O2. The van der Waals surface area contributed by atoms with Gasteiger partial charge in [-0.1, -0.05) is 6.07 Å². The topological polar surface area (TPSA) is 62.2 Å². The molecule has 0 aliphatic carbocycles. The lowest BCUT2D eigenvalue weighted by Crippen LogP contribution is -2.26. The predicted octanol–water partition coefficient (Wildman–Crippen LogP) is 2.21. The number of carbonyl (C=O) groups is 1. The van der Waals surface area contributed by atoms with Crippen LogP contribution >= 0.6 is 0 Å². The molecule has 0 unspecified atom stereocenters. The number of benzene rings is 1. The Morgan fingerprint density at radius 3 is 2.90 bits per heavy atom. The van der Waals surface area contributed by atoms with Crippen molar-refractivity contribution in [2.24, 2.45) is 0 Å². The van der Waals surface area contributed by atoms with Crippen molar-refractivity contribution >= 4 is 5.91 Å². The lowest BCUT2D eigenvalue weighted by molar-refractivity contribution is 0.0951. The molecule has 1 aromatic heterocycles. The number of amides is 1. The zero-order valence-electron chi connectivity index (χ0n) is 11.1. The highest BCUT2D eigenvalue weighted by molar-refractivity contribution is 5.96. The van der Waals surface area contributed by atoms with Gasteiger partial charge in [0.1, 0.15) is 11.6 Å². The summed E-state index contributed by atoms with van der Waals surface area (Å²) in [5, 5.41) is 12.2. The summed E-state index contributed by atoms with van der Waals surface area (Å²) in [5.41, 5.74) is 2.02. The molecule has 5 heteroatoms. The third-order valence-corrected chi connectivity index (χ3v) is 3.03. The van der Waals surface area contributed by atoms with Crippen LogP contribution < -0.4 is 5.32 Å². The highest BCUT2D eigenvalue weighted by Gasteiger charge is 2.10. The SMILES string of the molecule is Cc1cc(F)ccc1CCNC(=O)c1ccncc1O. The number of aryl methyl sites for hydroxylation is 1. The van der Waals surface area contributed by atoms with E-state index in [-0.39, 0.29) is 23.0 Å². The predicted molar refractivity (Wildman–Crippen MR) is 73.1 cm³/mol. The fourth-order valence-corrected chi connectivity index (χ4v) is 1.92. The molecule has 0 aliphatic rings. The van der Waals surface area contributed by atoms with Gasteiger partial charge in [0.05, 0.1) is 11.8 Å². The van der Waals surface area contributed by atoms with Crippen molar-refractivity contribution in [3.63, 3.8) is 0 Å². The van der Waals surface area contributed by atoms with E-state index in [1.165, 1.54) is 30.6 Å². The maximum Gasteiger partial charge on any atom is 0.255 e. The lowest BCUT2D eigenvalue weighted by atomic mass is 10.1. The van der Waals surface area contributed by atoms with E-state index in [0.717, 1.165) is 11.1 Å². The van der Waals surface area contributed by atoms with Crippen LogP contribution in [0.15, 0.2) is 36.7 Å². The normalized spacial score (nSPS) is 10.3. The van der Waals surface area contributed by atoms with Crippen LogP contribution in [0.5, 0.6) is 5.75 Å². The van der Waals surface area contributed by atoms with Gasteiger partial charge >= 0.3 is 0 Å². The molecule has 1 aromatic carbocycles. The summed E-state index contributed by atoms with van der Waals surface area (Å²) in [7, 11) is 0. The maximum atomic E-state index is 13.0. The number of aromatic nitrogens is 1. The molecule has 0 atom stereocenters. The van der Waals surface area contributed by atoms with Gasteiger partial charge in [-0.25, -0.2) is 4.39 Å². The van der Waals surface area contributed by atoms with Crippen molar-refractivity contribution in [3.05, 3.63) is 59.2 Å². The first-order chi connectivity index (χ1) is 9.58. The van der Waals surface area contributed by atoms with Crippen LogP contribution in [0.4, 0.5) is 4.39 Å². The summed E-state index contributed by atoms with van der Waals surface area (Å²) < 4.78 is 13.0. The summed E-state index contributed by atoms with van der Waals surface area (Å²) in [4.78, 5) is 15.5. The largest absolute Gasteiger partial charge is 0.505 e. The molecule has 0 bridgehead atoms. The molecule has 0 spiro atoms. The Hall–Kier alpha value is -2.43. The van der Waals surface area contributed by atoms with Gasteiger partial charge in [0.15, 0.2) is 0 Å². The first-order valence-electron chi connectivity index (χ1n) is 6.24. The second-order valence-corrected chi connectivity index (χ2v) is 4.47. The number of aromatic hydroxyl groups is 1. The summed E-state index contributed by atoms with van der Waals surface area (Å²) in [6.07, 6.45) is 3.27. The number of carbonyl (C=O) groups excluding carboxylic acids is 1. The Bertz CT molecular complexity index is 629. The van der Waals surface area contributed by atoms with Crippen molar-refractivity contribution in [1.82, 2.24) is 10.3 Å². The van der Waals surface area contributed by atoms with E-state index in [9.17, 15) is 14.3 Å². The molecule has 20 heavy (non-hydrogen) atoms. The van der Waals surface area contributed by atoms with Gasteiger partial charge in [0.2, 0.25) is 0 Å². The van der Waals surface area contributed by atoms with Gasteiger partial charge in [-0.05, 0) is 42.7 Å². The fourth-order valence-electron chi connectivity index (χ4n) is 1.92. The first kappa shape index (κ1) is 14.0. The van der Waals surface area contributed by atoms with Crippen molar-refractivity contribution in [2.45, 2.75) is 13.3 Å². The van der Waals surface area contributed by atoms with Crippen LogP contribution in [0.1, 0.15) is 21.5 Å². The van der Waals surface area contributed by atoms with E-state index in [2.05, 4.69) is 10.3 Å². The van der Waals surface area contributed by atoms with Crippen LogP contribution in [0.2, 0.25) is 0 Å². The minimum atomic E-state index is -0.357. The Labute approximate surface area is 116 Å². The number of hydrogen-bond donors (Lipinski definition) is 2. The van der Waals surface area contributed by atoms with Crippen molar-refractivity contribution in [3.8, 4) is 5.75 Å². The molecule has 1 heterocycles. The summed E-state index contributed by atoms with van der Waals surface area (Å²) in [6, 6.07) is 6.03. The molecule has 1 amide bonds. The van der Waals surface area contributed by atoms with Crippen molar-refractivity contribution < 1.29 is 14.3 Å². The van der Waals surface area contributed by atoms with Crippen molar-refractivity contribution in [2.75, 3.05) is 6.54 Å². The summed E-state index contributed by atoms with van der Waals surface area (Å²) in [5.74, 6) is -0.773. The van der Waals surface area contributed by atoms with Crippen LogP contribution in [0, 0.1) is 12.7 Å². The monoisotopic (exact) mass is 274 g/mol. The number of hydrogen-bond acceptors (Lipinski definition) is 3. The van der Waals surface area contributed by atoms with Gasteiger partial charge < -0.3 is 10.4 Å². The molecule has 4 nitrogen and oxygen atoms in total. The Kier molecular flexibility index (Phi) is 4.30. The highest BCUT2D eigenvalue weighted by atomic mass is 19.1. The number of nitrogens with one attached hydrogen (secondary N) is 1. The van der Waals surface area contributed by atoms with E-state index in [1.807, 2.05) is 6.92 Å². The second kappa shape index (κ2) is 6.14. The molecule has 0 fully saturated rings. The number of pyridine rings is 1. The standard InChI is InChI=1S/C15H15FN2O2/c1-10-8-12(16)3-2-11(10)4-7-18-15(20)13-5-6-17-9-14(13)19/h2-3,5-6,8-9,19H,4,7H2,1H3,(H,18,20). The summed E-state index contributed by atoms with van der Waals surface area (Å²) in [6.45, 7) is 2.24. The van der Waals surface area contributed by atoms with Gasteiger partial charge in [-0.15, -0.1) is 0 Å². The van der Waals surface area contributed by atoms with E-state index >= 15 is 0 Å². The Morgan fingerprint density at radius 1 is 1.40 bits per heavy atom. The number of nitrogens with zero attached hydrogens (tertiary/aromatic N) is 1. The molecule has 0 radical (unpaired) electrons. The molecule has 2 rings (SSSR count). The van der Waals surface area contributed by atoms with Gasteiger partial charge in [-0.2, -0.15) is 0 Å². The third kappa shape index (κ3) is 3.32. The van der Waals surface area contributed by atoms with E-state index in [0.29, 0.717) is 13.0 Å². The average molecular weight is 274 g/mol. The Balaban J connectivity index is 1.93. The highest BCUT2D eigenvalue weighted by Crippen LogP contribution is 2.14. The molecular weight excluding hydrogens is 259 g/mol. The summed E-state index contributed by atoms with van der Waals surface area (Å²) >= 11 is 0. The van der Waals surface area contributed by atoms with Crippen LogP contribution in [-0.2, 0) is 6.42 Å². The lowest BCUT2D eigenvalue weighted by Gasteiger charge is -2.08. The van der Waals surface area contributed by atoms with E-state index < -0.39 is 0 Å². The van der Waals surface area contributed by atoms with Crippen LogP contribution in [0.3, 0.4) is 0 Å². The fraction of sp³-hybridized carbons (Fsp3) is 0.200. The number of halogens is 1. The third-order valence-electron chi connectivity index (χ3n) is 3.03. The second-order valence-electron chi connectivity index (χ2n) is 4.47. The minimum absolute atomic E-state index is 0.150. The molecule has 104 valence electrons. The van der Waals surface area contributed by atoms with Crippen LogP contribution in [0.25, 0.3) is 0 Å². The van der Waals surface area contributed by atoms with Gasteiger partial charge in [0, 0.05) is 12.7 Å². The van der Waals surface area contributed by atoms with Gasteiger partial charge in [-0.3, -0.25) is 9.78 Å². The zero-order chi connectivity index (χ0) is 14.5. The quantitative estimate of drug-likeness (QED) is 0.898. The van der Waals surface area contributed by atoms with E-state index in [1.54, 1.807) is 6.07 Å². The van der Waals surface area contributed by atoms with Crippen LogP contribution in [-0.4, -0.2) is 22.5 Å². The molecule has 2 N–H and O–H groups in total. The molecule has 0 saturated carbocycles. The molecule has 2 aromatic rings. The van der Waals surface area contributed by atoms with Crippen molar-refractivity contribution in [1.29, 1.82) is 0 Å². The van der Waals surface area contributed by atoms with Gasteiger partial charge in [0.25, 0.3) is 5.91 Å². The molecule has 0 aliphatic heterocycles. The Morgan fingerprint density at radius 2 is 2.20 bits per heavy atom. The number of rotatable bonds is 4. The molecule has 0 saturated heterocycles. The van der Waals surface area contributed by atoms with E-state index in [4.69, 9.17) is 0 Å². The minimum Gasteiger partial charge on any atom is -0.505 e. The smallest absolute Gasteiger partial charge is 0.255 e. The average Bonchev–Trinajstić information content (AvgIpc) is 2.41. The first-order valence-corrected chi connectivity index (χ1v) is 6.24. The maximum absolute atomic E-state index is 13.0. The zero-order valence-corrected chi connectivity index (χ0v) is 11.1.